The number of benzene rings is 1. The van der Waals surface area contributed by atoms with Gasteiger partial charge in [0.05, 0.1) is 23.7 Å². The predicted molar refractivity (Wildman–Crippen MR) is 88.5 cm³/mol. The number of hydrogen-bond acceptors (Lipinski definition) is 5. The Morgan fingerprint density at radius 3 is 2.62 bits per heavy atom. The van der Waals surface area contributed by atoms with Crippen LogP contribution in [0.25, 0.3) is 0 Å². The number of phenolic OH excluding ortho intramolecular Hbond substituents is 1. The van der Waals surface area contributed by atoms with Gasteiger partial charge in [-0.1, -0.05) is 0 Å². The van der Waals surface area contributed by atoms with Crippen LogP contribution in [0.2, 0.25) is 0 Å². The van der Waals surface area contributed by atoms with Crippen molar-refractivity contribution in [2.24, 2.45) is 0 Å². The lowest BCUT2D eigenvalue weighted by Gasteiger charge is -2.34. The van der Waals surface area contributed by atoms with Crippen molar-refractivity contribution in [2.75, 3.05) is 39.4 Å². The minimum absolute atomic E-state index is 0. The topological polar surface area (TPSA) is 65.0 Å². The van der Waals surface area contributed by atoms with Gasteiger partial charge >= 0.3 is 0 Å². The molecule has 1 atom stereocenters. The maximum Gasteiger partial charge on any atom is 0.172 e. The normalized spacial score (nSPS) is 17.1. The van der Waals surface area contributed by atoms with Gasteiger partial charge in [0.15, 0.2) is 11.5 Å². The highest BCUT2D eigenvalue weighted by Crippen LogP contribution is 2.38. The average Bonchev–Trinajstić information content (AvgIpc) is 2.46. The molecule has 1 aromatic carbocycles. The number of aliphatic hydroxyl groups excluding tert-OH is 1. The third-order valence-electron chi connectivity index (χ3n) is 3.50. The molecule has 0 aliphatic carbocycles. The molecular formula is C14H22BrClN2O3. The molecule has 0 unspecified atom stereocenters. The molecule has 7 heteroatoms. The van der Waals surface area contributed by atoms with Crippen molar-refractivity contribution in [1.82, 2.24) is 10.2 Å². The number of rotatable bonds is 5. The Labute approximate surface area is 139 Å². The smallest absolute Gasteiger partial charge is 0.172 e. The van der Waals surface area contributed by atoms with Crippen LogP contribution in [-0.2, 0) is 0 Å². The van der Waals surface area contributed by atoms with Crippen LogP contribution in [-0.4, -0.2) is 54.5 Å². The number of piperazine rings is 1. The Hall–Kier alpha value is -0.530. The van der Waals surface area contributed by atoms with E-state index in [9.17, 15) is 10.2 Å². The zero-order valence-electron chi connectivity index (χ0n) is 12.0. The summed E-state index contributed by atoms with van der Waals surface area (Å²) in [5.41, 5.74) is 0.947. The molecule has 120 valence electrons. The summed E-state index contributed by atoms with van der Waals surface area (Å²) in [5.74, 6) is 0.554. The van der Waals surface area contributed by atoms with E-state index >= 15 is 0 Å². The second-order valence-corrected chi connectivity index (χ2v) is 5.62. The lowest BCUT2D eigenvalue weighted by atomic mass is 10.0. The molecule has 21 heavy (non-hydrogen) atoms. The molecule has 1 aliphatic heterocycles. The number of halogens is 2. The van der Waals surface area contributed by atoms with Crippen molar-refractivity contribution < 1.29 is 14.9 Å². The van der Waals surface area contributed by atoms with E-state index in [1.807, 2.05) is 19.1 Å². The molecule has 0 spiro atoms. The van der Waals surface area contributed by atoms with E-state index in [4.69, 9.17) is 4.74 Å². The number of aromatic hydroxyl groups is 1. The standard InChI is InChI=1S/C14H21BrN2O3.ClH/c1-2-20-13-8-10(7-11(15)14(13)19)12(9-18)17-5-3-16-4-6-17;/h7-8,12,16,18-19H,2-6,9H2,1H3;1H/t12-;/m1./s1. The van der Waals surface area contributed by atoms with E-state index in [1.165, 1.54) is 0 Å². The molecule has 1 fully saturated rings. The van der Waals surface area contributed by atoms with E-state index in [0.29, 0.717) is 16.8 Å². The van der Waals surface area contributed by atoms with E-state index < -0.39 is 0 Å². The summed E-state index contributed by atoms with van der Waals surface area (Å²) in [7, 11) is 0. The summed E-state index contributed by atoms with van der Waals surface area (Å²) < 4.78 is 6.04. The van der Waals surface area contributed by atoms with Crippen LogP contribution in [0, 0.1) is 0 Å². The quantitative estimate of drug-likeness (QED) is 0.727. The Kier molecular flexibility index (Phi) is 7.76. The molecular weight excluding hydrogens is 360 g/mol. The third kappa shape index (κ3) is 4.47. The van der Waals surface area contributed by atoms with E-state index in [2.05, 4.69) is 26.1 Å². The number of nitrogens with one attached hydrogen (secondary N) is 1. The van der Waals surface area contributed by atoms with Crippen molar-refractivity contribution in [3.8, 4) is 11.5 Å². The predicted octanol–water partition coefficient (Wildman–Crippen LogP) is 1.91. The molecule has 1 aliphatic rings. The average molecular weight is 382 g/mol. The van der Waals surface area contributed by atoms with Crippen LogP contribution in [0.4, 0.5) is 0 Å². The number of ether oxygens (including phenoxy) is 1. The van der Waals surface area contributed by atoms with Gasteiger partial charge in [0, 0.05) is 26.2 Å². The van der Waals surface area contributed by atoms with Crippen LogP contribution in [0.5, 0.6) is 11.5 Å². The summed E-state index contributed by atoms with van der Waals surface area (Å²) in [6.45, 7) is 6.05. The van der Waals surface area contributed by atoms with Crippen LogP contribution >= 0.6 is 28.3 Å². The first kappa shape index (κ1) is 18.5. The summed E-state index contributed by atoms with van der Waals surface area (Å²) in [6.07, 6.45) is 0. The molecule has 0 aromatic heterocycles. The molecule has 1 saturated heterocycles. The molecule has 0 saturated carbocycles. The first-order chi connectivity index (χ1) is 9.67. The zero-order valence-corrected chi connectivity index (χ0v) is 14.4. The maximum absolute atomic E-state index is 9.96. The Morgan fingerprint density at radius 1 is 1.38 bits per heavy atom. The van der Waals surface area contributed by atoms with Crippen LogP contribution < -0.4 is 10.1 Å². The fourth-order valence-electron chi connectivity index (χ4n) is 2.48. The van der Waals surface area contributed by atoms with Crippen molar-refractivity contribution >= 4 is 28.3 Å². The monoisotopic (exact) mass is 380 g/mol. The van der Waals surface area contributed by atoms with E-state index in [0.717, 1.165) is 31.7 Å². The third-order valence-corrected chi connectivity index (χ3v) is 4.11. The Balaban J connectivity index is 0.00000220. The first-order valence-corrected chi connectivity index (χ1v) is 7.67. The van der Waals surface area contributed by atoms with Crippen molar-refractivity contribution in [1.29, 1.82) is 0 Å². The van der Waals surface area contributed by atoms with Crippen molar-refractivity contribution in [3.63, 3.8) is 0 Å². The zero-order chi connectivity index (χ0) is 14.5. The summed E-state index contributed by atoms with van der Waals surface area (Å²) in [5, 5.41) is 23.0. The van der Waals surface area contributed by atoms with Crippen LogP contribution in [0.15, 0.2) is 16.6 Å². The number of nitrogens with zero attached hydrogens (tertiary/aromatic N) is 1. The van der Waals surface area contributed by atoms with Gasteiger partial charge in [0.25, 0.3) is 0 Å². The van der Waals surface area contributed by atoms with E-state index in [1.54, 1.807) is 0 Å². The molecule has 3 N–H and O–H groups in total. The fraction of sp³-hybridized carbons (Fsp3) is 0.571. The summed E-state index contributed by atoms with van der Waals surface area (Å²) >= 11 is 3.35. The fourth-order valence-corrected chi connectivity index (χ4v) is 2.94. The minimum Gasteiger partial charge on any atom is -0.503 e. The lowest BCUT2D eigenvalue weighted by Crippen LogP contribution is -2.46. The van der Waals surface area contributed by atoms with Crippen LogP contribution in [0.1, 0.15) is 18.5 Å². The highest BCUT2D eigenvalue weighted by molar-refractivity contribution is 9.10. The molecule has 1 heterocycles. The molecule has 0 amide bonds. The van der Waals surface area contributed by atoms with Gasteiger partial charge < -0.3 is 20.3 Å². The second-order valence-electron chi connectivity index (χ2n) is 4.77. The molecule has 0 radical (unpaired) electrons. The first-order valence-electron chi connectivity index (χ1n) is 6.88. The summed E-state index contributed by atoms with van der Waals surface area (Å²) in [6, 6.07) is 3.58. The van der Waals surface area contributed by atoms with Gasteiger partial charge in [-0.25, -0.2) is 0 Å². The van der Waals surface area contributed by atoms with Crippen LogP contribution in [0.3, 0.4) is 0 Å². The van der Waals surface area contributed by atoms with Crippen molar-refractivity contribution in [2.45, 2.75) is 13.0 Å². The largest absolute Gasteiger partial charge is 0.503 e. The second kappa shape index (κ2) is 8.80. The maximum atomic E-state index is 9.96. The van der Waals surface area contributed by atoms with Gasteiger partial charge in [-0.05, 0) is 40.5 Å². The van der Waals surface area contributed by atoms with Gasteiger partial charge in [-0.2, -0.15) is 0 Å². The highest BCUT2D eigenvalue weighted by Gasteiger charge is 2.23. The number of phenols is 1. The summed E-state index contributed by atoms with van der Waals surface area (Å²) in [4.78, 5) is 2.24. The molecule has 2 rings (SSSR count). The van der Waals surface area contributed by atoms with Crippen molar-refractivity contribution in [3.05, 3.63) is 22.2 Å². The number of aliphatic hydroxyl groups is 1. The Morgan fingerprint density at radius 2 is 2.05 bits per heavy atom. The van der Waals surface area contributed by atoms with E-state index in [-0.39, 0.29) is 30.8 Å². The Bertz CT molecular complexity index is 456. The highest BCUT2D eigenvalue weighted by atomic mass is 79.9. The minimum atomic E-state index is -0.0757. The molecule has 0 bridgehead atoms. The number of hydrogen-bond donors (Lipinski definition) is 3. The van der Waals surface area contributed by atoms with Gasteiger partial charge in [0.1, 0.15) is 0 Å². The molecule has 1 aromatic rings. The molecule has 5 nitrogen and oxygen atoms in total. The van der Waals surface area contributed by atoms with Gasteiger partial charge in [-0.15, -0.1) is 12.4 Å². The lowest BCUT2D eigenvalue weighted by molar-refractivity contribution is 0.110. The van der Waals surface area contributed by atoms with Gasteiger partial charge in [-0.3, -0.25) is 4.90 Å². The SMILES string of the molecule is CCOc1cc([C@@H](CO)N2CCNCC2)cc(Br)c1O.Cl. The van der Waals surface area contributed by atoms with Gasteiger partial charge in [0.2, 0.25) is 0 Å².